The molecule has 2 aromatic rings. The molecule has 0 spiro atoms. The highest BCUT2D eigenvalue weighted by molar-refractivity contribution is 5.30. The van der Waals surface area contributed by atoms with Crippen molar-refractivity contribution in [2.45, 2.75) is 18.8 Å². The van der Waals surface area contributed by atoms with Gasteiger partial charge in [-0.1, -0.05) is 17.3 Å². The zero-order chi connectivity index (χ0) is 14.0. The summed E-state index contributed by atoms with van der Waals surface area (Å²) in [7, 11) is 0. The molecule has 19 heavy (non-hydrogen) atoms. The minimum atomic E-state index is -4.42. The van der Waals surface area contributed by atoms with Crippen molar-refractivity contribution in [3.05, 3.63) is 47.1 Å². The predicted octanol–water partition coefficient (Wildman–Crippen LogP) is 1.60. The van der Waals surface area contributed by atoms with E-state index in [1.54, 1.807) is 0 Å². The van der Waals surface area contributed by atoms with Gasteiger partial charge in [-0.2, -0.15) is 18.2 Å². The molecule has 1 aromatic carbocycles. The number of alkyl halides is 3. The second-order valence-corrected chi connectivity index (χ2v) is 3.85. The summed E-state index contributed by atoms with van der Waals surface area (Å²) in [6, 6.07) is 3.78. The van der Waals surface area contributed by atoms with Crippen LogP contribution in [0.3, 0.4) is 0 Å². The normalized spacial score (nSPS) is 13.5. The largest absolute Gasteiger partial charge is 0.416 e. The summed E-state index contributed by atoms with van der Waals surface area (Å²) in [6.07, 6.45) is -4.42. The van der Waals surface area contributed by atoms with Gasteiger partial charge in [0.15, 0.2) is 5.82 Å². The first-order chi connectivity index (χ1) is 8.91. The maximum atomic E-state index is 12.6. The molecule has 5 nitrogen and oxygen atoms in total. The van der Waals surface area contributed by atoms with Crippen LogP contribution in [0, 0.1) is 0 Å². The van der Waals surface area contributed by atoms with Gasteiger partial charge in [-0.05, 0) is 17.7 Å². The molecule has 0 radical (unpaired) electrons. The number of hydrogen-bond donors (Lipinski definition) is 2. The molecule has 0 fully saturated rings. The molecular formula is C11H11F3N4O. The topological polar surface area (TPSA) is 91.0 Å². The lowest BCUT2D eigenvalue weighted by molar-refractivity contribution is -0.137. The van der Waals surface area contributed by atoms with E-state index in [0.717, 1.165) is 12.1 Å². The van der Waals surface area contributed by atoms with Crippen molar-refractivity contribution in [3.8, 4) is 0 Å². The van der Waals surface area contributed by atoms with Crippen LogP contribution in [-0.4, -0.2) is 10.1 Å². The zero-order valence-electron chi connectivity index (χ0n) is 9.69. The first-order valence-electron chi connectivity index (χ1n) is 5.37. The molecule has 0 aliphatic rings. The van der Waals surface area contributed by atoms with Gasteiger partial charge in [0.25, 0.3) is 0 Å². The molecule has 0 aliphatic carbocycles. The number of nitrogens with zero attached hydrogens (tertiary/aromatic N) is 2. The van der Waals surface area contributed by atoms with E-state index >= 15 is 0 Å². The SMILES string of the molecule is NCc1nc(C(N)c2cccc(C(F)(F)F)c2)no1. The number of aromatic nitrogens is 2. The summed E-state index contributed by atoms with van der Waals surface area (Å²) in [4.78, 5) is 3.89. The van der Waals surface area contributed by atoms with Crippen molar-refractivity contribution >= 4 is 0 Å². The van der Waals surface area contributed by atoms with Crippen molar-refractivity contribution in [1.82, 2.24) is 10.1 Å². The molecule has 102 valence electrons. The smallest absolute Gasteiger partial charge is 0.338 e. The lowest BCUT2D eigenvalue weighted by Gasteiger charge is -2.11. The monoisotopic (exact) mass is 272 g/mol. The van der Waals surface area contributed by atoms with Gasteiger partial charge in [-0.25, -0.2) is 0 Å². The Morgan fingerprint density at radius 1 is 1.32 bits per heavy atom. The Balaban J connectivity index is 2.31. The van der Waals surface area contributed by atoms with Crippen LogP contribution >= 0.6 is 0 Å². The van der Waals surface area contributed by atoms with E-state index < -0.39 is 17.8 Å². The van der Waals surface area contributed by atoms with E-state index in [0.29, 0.717) is 0 Å². The average Bonchev–Trinajstić information content (AvgIpc) is 2.86. The summed E-state index contributed by atoms with van der Waals surface area (Å²) in [5.41, 5.74) is 10.6. The van der Waals surface area contributed by atoms with Gasteiger partial charge in [0.05, 0.1) is 18.2 Å². The first-order valence-corrected chi connectivity index (χ1v) is 5.37. The zero-order valence-corrected chi connectivity index (χ0v) is 9.69. The molecule has 1 unspecified atom stereocenters. The molecule has 1 aromatic heterocycles. The van der Waals surface area contributed by atoms with Gasteiger partial charge in [0, 0.05) is 0 Å². The highest BCUT2D eigenvalue weighted by Gasteiger charge is 2.31. The van der Waals surface area contributed by atoms with Gasteiger partial charge in [-0.3, -0.25) is 0 Å². The van der Waals surface area contributed by atoms with Crippen LogP contribution in [0.1, 0.15) is 28.9 Å². The number of nitrogens with two attached hydrogens (primary N) is 2. The summed E-state index contributed by atoms with van der Waals surface area (Å²) in [5, 5.41) is 3.58. The Hall–Kier alpha value is -1.93. The van der Waals surface area contributed by atoms with Gasteiger partial charge in [0.2, 0.25) is 5.89 Å². The Morgan fingerprint density at radius 3 is 2.63 bits per heavy atom. The van der Waals surface area contributed by atoms with E-state index in [4.69, 9.17) is 16.0 Å². The minimum absolute atomic E-state index is 0.0440. The Labute approximate surface area is 106 Å². The minimum Gasteiger partial charge on any atom is -0.338 e. The lowest BCUT2D eigenvalue weighted by Crippen LogP contribution is -2.15. The molecule has 4 N–H and O–H groups in total. The number of rotatable bonds is 3. The average molecular weight is 272 g/mol. The fourth-order valence-electron chi connectivity index (χ4n) is 1.53. The molecule has 0 bridgehead atoms. The molecule has 1 heterocycles. The van der Waals surface area contributed by atoms with Crippen LogP contribution in [0.4, 0.5) is 13.2 Å². The van der Waals surface area contributed by atoms with E-state index in [9.17, 15) is 13.2 Å². The van der Waals surface area contributed by atoms with E-state index in [1.165, 1.54) is 12.1 Å². The second kappa shape index (κ2) is 4.98. The van der Waals surface area contributed by atoms with Gasteiger partial charge >= 0.3 is 6.18 Å². The number of hydrogen-bond acceptors (Lipinski definition) is 5. The van der Waals surface area contributed by atoms with Crippen LogP contribution in [0.25, 0.3) is 0 Å². The van der Waals surface area contributed by atoms with Crippen molar-refractivity contribution in [3.63, 3.8) is 0 Å². The molecule has 2 rings (SSSR count). The Bertz CT molecular complexity index is 567. The third kappa shape index (κ3) is 2.91. The second-order valence-electron chi connectivity index (χ2n) is 3.85. The van der Waals surface area contributed by atoms with Crippen LogP contribution in [-0.2, 0) is 12.7 Å². The third-order valence-electron chi connectivity index (χ3n) is 2.51. The molecule has 0 amide bonds. The third-order valence-corrected chi connectivity index (χ3v) is 2.51. The standard InChI is InChI=1S/C11H11F3N4O/c12-11(13,14)7-3-1-2-6(4-7)9(16)10-17-8(5-15)19-18-10/h1-4,9H,5,15-16H2. The van der Waals surface area contributed by atoms with Crippen molar-refractivity contribution < 1.29 is 17.7 Å². The van der Waals surface area contributed by atoms with Crippen LogP contribution in [0.2, 0.25) is 0 Å². The van der Waals surface area contributed by atoms with Gasteiger partial charge in [-0.15, -0.1) is 0 Å². The molecular weight excluding hydrogens is 261 g/mol. The maximum absolute atomic E-state index is 12.6. The predicted molar refractivity (Wildman–Crippen MR) is 59.7 cm³/mol. The Morgan fingerprint density at radius 2 is 2.05 bits per heavy atom. The number of halogens is 3. The van der Waals surface area contributed by atoms with Crippen molar-refractivity contribution in [1.29, 1.82) is 0 Å². The fraction of sp³-hybridized carbons (Fsp3) is 0.273. The summed E-state index contributed by atoms with van der Waals surface area (Å²) in [5.74, 6) is 0.275. The maximum Gasteiger partial charge on any atom is 0.416 e. The molecule has 1 atom stereocenters. The van der Waals surface area contributed by atoms with Gasteiger partial charge in [0.1, 0.15) is 0 Å². The van der Waals surface area contributed by atoms with E-state index in [1.807, 2.05) is 0 Å². The molecule has 8 heteroatoms. The highest BCUT2D eigenvalue weighted by Crippen LogP contribution is 2.31. The summed E-state index contributed by atoms with van der Waals surface area (Å²) >= 11 is 0. The summed E-state index contributed by atoms with van der Waals surface area (Å²) in [6.45, 7) is 0.0440. The lowest BCUT2D eigenvalue weighted by atomic mass is 10.0. The molecule has 0 saturated carbocycles. The highest BCUT2D eigenvalue weighted by atomic mass is 19.4. The Kier molecular flexibility index (Phi) is 3.54. The van der Waals surface area contributed by atoms with Crippen LogP contribution in [0.5, 0.6) is 0 Å². The van der Waals surface area contributed by atoms with Crippen LogP contribution < -0.4 is 11.5 Å². The van der Waals surface area contributed by atoms with Gasteiger partial charge < -0.3 is 16.0 Å². The van der Waals surface area contributed by atoms with E-state index in [-0.39, 0.29) is 23.8 Å². The molecule has 0 aliphatic heterocycles. The fourth-order valence-corrected chi connectivity index (χ4v) is 1.53. The van der Waals surface area contributed by atoms with Crippen molar-refractivity contribution in [2.24, 2.45) is 11.5 Å². The first kappa shape index (κ1) is 13.5. The molecule has 0 saturated heterocycles. The van der Waals surface area contributed by atoms with E-state index in [2.05, 4.69) is 10.1 Å². The quantitative estimate of drug-likeness (QED) is 0.885. The van der Waals surface area contributed by atoms with Crippen molar-refractivity contribution in [2.75, 3.05) is 0 Å². The number of benzene rings is 1. The van der Waals surface area contributed by atoms with Crippen LogP contribution in [0.15, 0.2) is 28.8 Å². The summed E-state index contributed by atoms with van der Waals surface area (Å²) < 4.78 is 42.5.